The molecular weight excluding hydrogens is 234 g/mol. The van der Waals surface area contributed by atoms with Gasteiger partial charge in [0.05, 0.1) is 0 Å². The maximum absolute atomic E-state index is 6.34. The van der Waals surface area contributed by atoms with Crippen molar-refractivity contribution in [2.75, 3.05) is 0 Å². The van der Waals surface area contributed by atoms with Gasteiger partial charge in [0.2, 0.25) is 0 Å². The van der Waals surface area contributed by atoms with E-state index in [1.807, 2.05) is 12.4 Å². The third-order valence-corrected chi connectivity index (χ3v) is 3.33. The van der Waals surface area contributed by atoms with E-state index in [2.05, 4.69) is 55.4 Å². The van der Waals surface area contributed by atoms with Crippen molar-refractivity contribution >= 4 is 0 Å². The van der Waals surface area contributed by atoms with Crippen LogP contribution in [0.3, 0.4) is 0 Å². The van der Waals surface area contributed by atoms with Crippen molar-refractivity contribution in [3.8, 4) is 0 Å². The summed E-state index contributed by atoms with van der Waals surface area (Å²) in [6.45, 7) is 9.30. The van der Waals surface area contributed by atoms with Crippen LogP contribution in [-0.2, 0) is 6.54 Å². The summed E-state index contributed by atoms with van der Waals surface area (Å²) in [5.41, 5.74) is 10.1. The Hall–Kier alpha value is -1.61. The molecule has 0 aliphatic carbocycles. The number of hydrogen-bond acceptors (Lipinski definition) is 2. The van der Waals surface area contributed by atoms with Crippen molar-refractivity contribution in [2.45, 2.75) is 46.2 Å². The number of nitrogens with zero attached hydrogens (tertiary/aromatic N) is 2. The molecule has 1 heterocycles. The smallest absolute Gasteiger partial charge is 0.111 e. The van der Waals surface area contributed by atoms with E-state index in [-0.39, 0.29) is 6.04 Å². The molecule has 0 radical (unpaired) electrons. The highest BCUT2D eigenvalue weighted by molar-refractivity contribution is 5.30. The van der Waals surface area contributed by atoms with Crippen molar-refractivity contribution in [1.29, 1.82) is 0 Å². The van der Waals surface area contributed by atoms with Gasteiger partial charge in [-0.3, -0.25) is 0 Å². The summed E-state index contributed by atoms with van der Waals surface area (Å²) >= 11 is 0. The highest BCUT2D eigenvalue weighted by Gasteiger charge is 2.12. The fourth-order valence-corrected chi connectivity index (χ4v) is 2.52. The van der Waals surface area contributed by atoms with Crippen LogP contribution in [0.25, 0.3) is 0 Å². The van der Waals surface area contributed by atoms with Crippen molar-refractivity contribution in [1.82, 2.24) is 9.55 Å². The van der Waals surface area contributed by atoms with Crippen LogP contribution in [0.2, 0.25) is 0 Å². The zero-order valence-corrected chi connectivity index (χ0v) is 12.2. The number of aryl methyl sites for hydroxylation is 2. The number of rotatable bonds is 4. The third kappa shape index (κ3) is 3.24. The van der Waals surface area contributed by atoms with E-state index in [0.717, 1.165) is 12.4 Å². The first-order valence-electron chi connectivity index (χ1n) is 6.82. The first kappa shape index (κ1) is 13.8. The second kappa shape index (κ2) is 5.57. The van der Waals surface area contributed by atoms with E-state index in [9.17, 15) is 0 Å². The molecule has 2 rings (SSSR count). The molecule has 1 atom stereocenters. The molecule has 0 bridgehead atoms. The van der Waals surface area contributed by atoms with E-state index in [1.54, 1.807) is 0 Å². The van der Waals surface area contributed by atoms with Crippen LogP contribution < -0.4 is 5.73 Å². The van der Waals surface area contributed by atoms with Gasteiger partial charge in [-0.05, 0) is 19.4 Å². The van der Waals surface area contributed by atoms with E-state index in [0.29, 0.717) is 5.92 Å². The number of benzene rings is 1. The Morgan fingerprint density at radius 3 is 2.37 bits per heavy atom. The molecule has 0 fully saturated rings. The number of hydrogen-bond donors (Lipinski definition) is 1. The van der Waals surface area contributed by atoms with Crippen LogP contribution in [-0.4, -0.2) is 9.55 Å². The molecule has 3 heteroatoms. The minimum Gasteiger partial charge on any atom is -0.333 e. The first-order chi connectivity index (χ1) is 8.97. The Bertz CT molecular complexity index is 535. The Labute approximate surface area is 115 Å². The normalized spacial score (nSPS) is 12.9. The van der Waals surface area contributed by atoms with Crippen LogP contribution in [0.5, 0.6) is 0 Å². The summed E-state index contributed by atoms with van der Waals surface area (Å²) in [6, 6.07) is 6.52. The Balaban J connectivity index is 2.20. The average Bonchev–Trinajstić information content (AvgIpc) is 2.75. The highest BCUT2D eigenvalue weighted by Crippen LogP contribution is 2.19. The maximum Gasteiger partial charge on any atom is 0.111 e. The van der Waals surface area contributed by atoms with Gasteiger partial charge in [-0.1, -0.05) is 43.2 Å². The van der Waals surface area contributed by atoms with Crippen LogP contribution >= 0.6 is 0 Å². The number of nitrogens with two attached hydrogens (primary N) is 1. The molecule has 0 spiro atoms. The number of aromatic nitrogens is 2. The quantitative estimate of drug-likeness (QED) is 0.913. The van der Waals surface area contributed by atoms with Crippen LogP contribution in [0.1, 0.15) is 48.3 Å². The topological polar surface area (TPSA) is 43.8 Å². The van der Waals surface area contributed by atoms with Gasteiger partial charge in [0.25, 0.3) is 0 Å². The van der Waals surface area contributed by atoms with E-state index >= 15 is 0 Å². The molecule has 1 aromatic carbocycles. The molecule has 102 valence electrons. The molecule has 1 unspecified atom stereocenters. The minimum atomic E-state index is 0.00491. The second-order valence-corrected chi connectivity index (χ2v) is 5.62. The third-order valence-electron chi connectivity index (χ3n) is 3.33. The molecule has 2 aromatic rings. The first-order valence-corrected chi connectivity index (χ1v) is 6.82. The van der Waals surface area contributed by atoms with Crippen LogP contribution in [0.4, 0.5) is 0 Å². The lowest BCUT2D eigenvalue weighted by Crippen LogP contribution is -2.19. The summed E-state index contributed by atoms with van der Waals surface area (Å²) in [5.74, 6) is 1.52. The lowest BCUT2D eigenvalue weighted by Gasteiger charge is -2.17. The molecule has 2 N–H and O–H groups in total. The van der Waals surface area contributed by atoms with Gasteiger partial charge < -0.3 is 10.3 Å². The van der Waals surface area contributed by atoms with Crippen LogP contribution in [0, 0.1) is 13.8 Å². The van der Waals surface area contributed by atoms with Crippen LogP contribution in [0.15, 0.2) is 30.6 Å². The lowest BCUT2D eigenvalue weighted by atomic mass is 10.0. The largest absolute Gasteiger partial charge is 0.333 e. The summed E-state index contributed by atoms with van der Waals surface area (Å²) < 4.78 is 2.16. The predicted molar refractivity (Wildman–Crippen MR) is 79.2 cm³/mol. The molecule has 0 aliphatic heterocycles. The second-order valence-electron chi connectivity index (χ2n) is 5.62. The van der Waals surface area contributed by atoms with Crippen molar-refractivity contribution < 1.29 is 0 Å². The predicted octanol–water partition coefficient (Wildman–Crippen LogP) is 3.32. The Morgan fingerprint density at radius 1 is 1.16 bits per heavy atom. The van der Waals surface area contributed by atoms with Crippen molar-refractivity contribution in [3.05, 3.63) is 53.1 Å². The molecule has 1 aromatic heterocycles. The van der Waals surface area contributed by atoms with Gasteiger partial charge in [0, 0.05) is 30.9 Å². The molecular formula is C16H23N3. The number of imidazole rings is 1. The summed E-state index contributed by atoms with van der Waals surface area (Å²) in [4.78, 5) is 4.40. The zero-order chi connectivity index (χ0) is 14.0. The maximum atomic E-state index is 6.34. The Kier molecular flexibility index (Phi) is 4.05. The minimum absolute atomic E-state index is 0.00491. The SMILES string of the molecule is Cc1cc(C)cc(C(N)Cn2ccnc2C(C)C)c1. The summed E-state index contributed by atoms with van der Waals surface area (Å²) in [5, 5.41) is 0. The fraction of sp³-hybridized carbons (Fsp3) is 0.438. The van der Waals surface area contributed by atoms with Crippen molar-refractivity contribution in [2.24, 2.45) is 5.73 Å². The van der Waals surface area contributed by atoms with Crippen molar-refractivity contribution in [3.63, 3.8) is 0 Å². The Morgan fingerprint density at radius 2 is 1.79 bits per heavy atom. The summed E-state index contributed by atoms with van der Waals surface area (Å²) in [7, 11) is 0. The lowest BCUT2D eigenvalue weighted by molar-refractivity contribution is 0.541. The standard InChI is InChI=1S/C16H23N3/c1-11(2)16-18-5-6-19(16)10-15(17)14-8-12(3)7-13(4)9-14/h5-9,11,15H,10,17H2,1-4H3. The molecule has 19 heavy (non-hydrogen) atoms. The highest BCUT2D eigenvalue weighted by atomic mass is 15.1. The van der Waals surface area contributed by atoms with E-state index < -0.39 is 0 Å². The van der Waals surface area contributed by atoms with Gasteiger partial charge in [0.15, 0.2) is 0 Å². The van der Waals surface area contributed by atoms with Gasteiger partial charge >= 0.3 is 0 Å². The zero-order valence-electron chi connectivity index (χ0n) is 12.2. The van der Waals surface area contributed by atoms with E-state index in [4.69, 9.17) is 5.73 Å². The molecule has 0 aliphatic rings. The monoisotopic (exact) mass is 257 g/mol. The average molecular weight is 257 g/mol. The fourth-order valence-electron chi connectivity index (χ4n) is 2.52. The van der Waals surface area contributed by atoms with Gasteiger partial charge in [-0.25, -0.2) is 4.98 Å². The van der Waals surface area contributed by atoms with Gasteiger partial charge in [0.1, 0.15) is 5.82 Å². The molecule has 3 nitrogen and oxygen atoms in total. The molecule has 0 saturated carbocycles. The van der Waals surface area contributed by atoms with E-state index in [1.165, 1.54) is 16.7 Å². The van der Waals surface area contributed by atoms with Gasteiger partial charge in [-0.2, -0.15) is 0 Å². The molecule has 0 saturated heterocycles. The molecule has 0 amide bonds. The summed E-state index contributed by atoms with van der Waals surface area (Å²) in [6.07, 6.45) is 3.86. The van der Waals surface area contributed by atoms with Gasteiger partial charge in [-0.15, -0.1) is 0 Å².